The lowest BCUT2D eigenvalue weighted by molar-refractivity contribution is -0.126. The van der Waals surface area contributed by atoms with Crippen LogP contribution in [0, 0.1) is 23.7 Å². The minimum atomic E-state index is 0.305. The van der Waals surface area contributed by atoms with E-state index in [0.29, 0.717) is 23.7 Å². The van der Waals surface area contributed by atoms with Gasteiger partial charge in [-0.25, -0.2) is 0 Å². The maximum Gasteiger partial charge on any atom is 0.223 e. The van der Waals surface area contributed by atoms with Crippen LogP contribution in [0.4, 0.5) is 5.69 Å². The molecule has 4 rings (SSSR count). The van der Waals surface area contributed by atoms with E-state index in [-0.39, 0.29) is 0 Å². The molecule has 24 heavy (non-hydrogen) atoms. The fraction of sp³-hybridized carbons (Fsp3) is 0.650. The highest BCUT2D eigenvalue weighted by Gasteiger charge is 2.43. The van der Waals surface area contributed by atoms with Crippen LogP contribution in [0.1, 0.15) is 32.1 Å². The molecule has 130 valence electrons. The Morgan fingerprint density at radius 1 is 1.29 bits per heavy atom. The summed E-state index contributed by atoms with van der Waals surface area (Å²) in [6.07, 6.45) is 6.21. The zero-order valence-electron chi connectivity index (χ0n) is 14.5. The molecule has 1 aliphatic heterocycles. The number of carbonyl (C=O) groups is 1. The van der Waals surface area contributed by atoms with Crippen molar-refractivity contribution in [2.75, 3.05) is 31.6 Å². The van der Waals surface area contributed by atoms with Crippen LogP contribution in [-0.4, -0.2) is 32.7 Å². The van der Waals surface area contributed by atoms with Gasteiger partial charge in [-0.2, -0.15) is 0 Å². The van der Waals surface area contributed by atoms with Crippen molar-refractivity contribution in [3.63, 3.8) is 0 Å². The Bertz CT molecular complexity index is 603. The maximum atomic E-state index is 12.5. The van der Waals surface area contributed by atoms with Crippen LogP contribution in [0.25, 0.3) is 0 Å². The molecule has 1 aromatic carbocycles. The van der Waals surface area contributed by atoms with Crippen LogP contribution in [0.3, 0.4) is 0 Å². The zero-order chi connectivity index (χ0) is 16.5. The molecule has 2 aliphatic carbocycles. The Hall–Kier alpha value is -1.71. The molecule has 4 atom stereocenters. The van der Waals surface area contributed by atoms with E-state index in [9.17, 15) is 4.79 Å². The molecule has 1 N–H and O–H groups in total. The van der Waals surface area contributed by atoms with E-state index in [0.717, 1.165) is 44.1 Å². The third-order valence-electron chi connectivity index (χ3n) is 6.34. The van der Waals surface area contributed by atoms with Crippen molar-refractivity contribution in [1.82, 2.24) is 5.32 Å². The first-order valence-corrected chi connectivity index (χ1v) is 9.39. The van der Waals surface area contributed by atoms with E-state index in [1.54, 1.807) is 7.11 Å². The summed E-state index contributed by atoms with van der Waals surface area (Å²) in [4.78, 5) is 14.9. The van der Waals surface area contributed by atoms with Crippen molar-refractivity contribution in [3.05, 3.63) is 24.3 Å². The molecule has 3 aliphatic rings. The number of ether oxygens (including phenoxy) is 1. The standard InChI is InChI=1S/C20H28N2O2/c1-24-18-4-2-3-17(11-18)22-8-7-15(13-22)12-21-20(23)19-10-14-5-6-16(19)9-14/h2-4,11,14-16,19H,5-10,12-13H2,1H3,(H,21,23)/t14-,15+,16-,19+/m0/s1. The monoisotopic (exact) mass is 328 g/mol. The van der Waals surface area contributed by atoms with Crippen molar-refractivity contribution in [1.29, 1.82) is 0 Å². The largest absolute Gasteiger partial charge is 0.497 e. The number of nitrogens with zero attached hydrogens (tertiary/aromatic N) is 1. The Morgan fingerprint density at radius 2 is 2.21 bits per heavy atom. The van der Waals surface area contributed by atoms with Gasteiger partial charge in [0.2, 0.25) is 5.91 Å². The second-order valence-electron chi connectivity index (χ2n) is 7.83. The van der Waals surface area contributed by atoms with Gasteiger partial charge in [0.15, 0.2) is 0 Å². The Kier molecular flexibility index (Phi) is 4.38. The van der Waals surface area contributed by atoms with Gasteiger partial charge in [-0.05, 0) is 55.6 Å². The fourth-order valence-electron chi connectivity index (χ4n) is 4.98. The van der Waals surface area contributed by atoms with Crippen molar-refractivity contribution in [3.8, 4) is 5.75 Å². The molecule has 1 saturated heterocycles. The molecule has 4 nitrogen and oxygen atoms in total. The molecule has 0 radical (unpaired) electrons. The summed E-state index contributed by atoms with van der Waals surface area (Å²) < 4.78 is 5.32. The number of nitrogens with one attached hydrogen (secondary N) is 1. The predicted molar refractivity (Wildman–Crippen MR) is 95.3 cm³/mol. The lowest BCUT2D eigenvalue weighted by atomic mass is 9.88. The van der Waals surface area contributed by atoms with Gasteiger partial charge in [0.1, 0.15) is 5.75 Å². The fourth-order valence-corrected chi connectivity index (χ4v) is 4.98. The van der Waals surface area contributed by atoms with Gasteiger partial charge in [0.05, 0.1) is 7.11 Å². The van der Waals surface area contributed by atoms with E-state index >= 15 is 0 Å². The van der Waals surface area contributed by atoms with E-state index in [1.807, 2.05) is 12.1 Å². The highest BCUT2D eigenvalue weighted by Crippen LogP contribution is 2.48. The number of methoxy groups -OCH3 is 1. The second-order valence-corrected chi connectivity index (χ2v) is 7.83. The van der Waals surface area contributed by atoms with Gasteiger partial charge in [-0.3, -0.25) is 4.79 Å². The van der Waals surface area contributed by atoms with Gasteiger partial charge in [0.25, 0.3) is 0 Å². The molecule has 1 heterocycles. The van der Waals surface area contributed by atoms with Gasteiger partial charge >= 0.3 is 0 Å². The average molecular weight is 328 g/mol. The van der Waals surface area contributed by atoms with Gasteiger partial charge in [-0.15, -0.1) is 0 Å². The smallest absolute Gasteiger partial charge is 0.223 e. The summed E-state index contributed by atoms with van der Waals surface area (Å²) in [6, 6.07) is 8.25. The van der Waals surface area contributed by atoms with E-state index in [2.05, 4.69) is 22.3 Å². The van der Waals surface area contributed by atoms with Crippen molar-refractivity contribution in [2.24, 2.45) is 23.7 Å². The molecule has 0 spiro atoms. The SMILES string of the molecule is COc1cccc(N2CC[C@H](CNC(=O)[C@@H]3C[C@H]4CC[C@H]3C4)C2)c1. The second kappa shape index (κ2) is 6.66. The summed E-state index contributed by atoms with van der Waals surface area (Å²) in [7, 11) is 1.71. The van der Waals surface area contributed by atoms with Crippen molar-refractivity contribution in [2.45, 2.75) is 32.1 Å². The molecule has 0 aromatic heterocycles. The molecule has 1 amide bonds. The predicted octanol–water partition coefficient (Wildman–Crippen LogP) is 3.07. The number of benzene rings is 1. The quantitative estimate of drug-likeness (QED) is 0.903. The van der Waals surface area contributed by atoms with E-state index in [1.165, 1.54) is 24.9 Å². The number of hydrogen-bond acceptors (Lipinski definition) is 3. The minimum absolute atomic E-state index is 0.305. The lowest BCUT2D eigenvalue weighted by Gasteiger charge is -2.22. The van der Waals surface area contributed by atoms with E-state index < -0.39 is 0 Å². The number of hydrogen-bond donors (Lipinski definition) is 1. The van der Waals surface area contributed by atoms with Crippen LogP contribution in [0.2, 0.25) is 0 Å². The van der Waals surface area contributed by atoms with Crippen LogP contribution < -0.4 is 15.0 Å². The minimum Gasteiger partial charge on any atom is -0.497 e. The Balaban J connectivity index is 1.27. The molecule has 4 heteroatoms. The maximum absolute atomic E-state index is 12.5. The number of amides is 1. The number of rotatable bonds is 5. The summed E-state index contributed by atoms with van der Waals surface area (Å²) in [5, 5.41) is 3.26. The van der Waals surface area contributed by atoms with E-state index in [4.69, 9.17) is 4.74 Å². The molecular weight excluding hydrogens is 300 g/mol. The third kappa shape index (κ3) is 3.11. The molecule has 1 aromatic rings. The number of anilines is 1. The van der Waals surface area contributed by atoms with Crippen LogP contribution >= 0.6 is 0 Å². The van der Waals surface area contributed by atoms with Gasteiger partial charge in [0, 0.05) is 37.3 Å². The summed E-state index contributed by atoms with van der Waals surface area (Å²) in [6.45, 7) is 2.90. The molecule has 2 saturated carbocycles. The Labute approximate surface area is 144 Å². The average Bonchev–Trinajstić information content (AvgIpc) is 3.36. The van der Waals surface area contributed by atoms with Gasteiger partial charge < -0.3 is 15.0 Å². The first kappa shape index (κ1) is 15.8. The molecule has 0 unspecified atom stereocenters. The lowest BCUT2D eigenvalue weighted by Crippen LogP contribution is -2.37. The number of fused-ring (bicyclic) bond motifs is 2. The zero-order valence-corrected chi connectivity index (χ0v) is 14.5. The molecular formula is C20H28N2O2. The summed E-state index contributed by atoms with van der Waals surface area (Å²) in [5.41, 5.74) is 1.22. The van der Waals surface area contributed by atoms with Crippen LogP contribution in [0.5, 0.6) is 5.75 Å². The van der Waals surface area contributed by atoms with Crippen LogP contribution in [-0.2, 0) is 4.79 Å². The third-order valence-corrected chi connectivity index (χ3v) is 6.34. The summed E-state index contributed by atoms with van der Waals surface area (Å²) in [5.74, 6) is 3.59. The Morgan fingerprint density at radius 3 is 2.96 bits per heavy atom. The topological polar surface area (TPSA) is 41.6 Å². The van der Waals surface area contributed by atoms with Crippen molar-refractivity contribution < 1.29 is 9.53 Å². The van der Waals surface area contributed by atoms with Crippen LogP contribution in [0.15, 0.2) is 24.3 Å². The molecule has 2 bridgehead atoms. The first-order valence-electron chi connectivity index (χ1n) is 9.39. The van der Waals surface area contributed by atoms with Gasteiger partial charge in [-0.1, -0.05) is 12.5 Å². The van der Waals surface area contributed by atoms with Crippen molar-refractivity contribution >= 4 is 11.6 Å². The normalized spacial score (nSPS) is 31.5. The highest BCUT2D eigenvalue weighted by atomic mass is 16.5. The number of carbonyl (C=O) groups excluding carboxylic acids is 1. The summed E-state index contributed by atoms with van der Waals surface area (Å²) >= 11 is 0. The molecule has 3 fully saturated rings. The highest BCUT2D eigenvalue weighted by molar-refractivity contribution is 5.79. The first-order chi connectivity index (χ1) is 11.7.